The zero-order chi connectivity index (χ0) is 6.27. The topological polar surface area (TPSA) is 21.9 Å². The van der Waals surface area contributed by atoms with Gasteiger partial charge in [-0.3, -0.25) is 0 Å². The van der Waals surface area contributed by atoms with E-state index in [4.69, 9.17) is 0 Å². The third-order valence-electron chi connectivity index (χ3n) is 2.05. The van der Waals surface area contributed by atoms with E-state index in [0.717, 1.165) is 6.04 Å². The second kappa shape index (κ2) is 1.71. The zero-order valence-corrected chi connectivity index (χ0v) is 5.43. The first kappa shape index (κ1) is 5.24. The van der Waals surface area contributed by atoms with Gasteiger partial charge >= 0.3 is 0 Å². The molecule has 0 aromatic rings. The van der Waals surface area contributed by atoms with Gasteiger partial charge in [0, 0.05) is 12.1 Å². The summed E-state index contributed by atoms with van der Waals surface area (Å²) in [6, 6.07) is 1.46. The van der Waals surface area contributed by atoms with Crippen LogP contribution in [0, 0.1) is 0 Å². The molecular formula is C8H11N. The maximum absolute atomic E-state index is 3.91. The van der Waals surface area contributed by atoms with Gasteiger partial charge in [0.25, 0.3) is 0 Å². The molecule has 0 saturated carbocycles. The van der Waals surface area contributed by atoms with E-state index in [9.17, 15) is 0 Å². The second-order valence-electron chi connectivity index (χ2n) is 2.85. The van der Waals surface area contributed by atoms with E-state index in [1.54, 1.807) is 0 Å². The molecule has 1 heterocycles. The van der Waals surface area contributed by atoms with Crippen LogP contribution in [-0.2, 0) is 0 Å². The van der Waals surface area contributed by atoms with Gasteiger partial charge in [0.1, 0.15) is 0 Å². The molecule has 0 spiro atoms. The minimum atomic E-state index is 0.684. The summed E-state index contributed by atoms with van der Waals surface area (Å²) in [6.45, 7) is 3.91. The van der Waals surface area contributed by atoms with Gasteiger partial charge in [0.15, 0.2) is 0 Å². The van der Waals surface area contributed by atoms with Gasteiger partial charge < -0.3 is 5.32 Å². The lowest BCUT2D eigenvalue weighted by Gasteiger charge is -1.93. The standard InChI is InChI=1S/C8H11N/c1-6-2-4-7-8(9-7)5-3-6/h2,4,7-9H,1,3,5H2. The molecule has 0 aromatic heterocycles. The minimum absolute atomic E-state index is 0.684. The van der Waals surface area contributed by atoms with Crippen molar-refractivity contribution in [2.24, 2.45) is 0 Å². The van der Waals surface area contributed by atoms with Gasteiger partial charge in [0.2, 0.25) is 0 Å². The van der Waals surface area contributed by atoms with Crippen LogP contribution < -0.4 is 5.32 Å². The molecular weight excluding hydrogens is 110 g/mol. The summed E-state index contributed by atoms with van der Waals surface area (Å²) in [7, 11) is 0. The van der Waals surface area contributed by atoms with E-state index in [2.05, 4.69) is 24.0 Å². The molecule has 9 heavy (non-hydrogen) atoms. The summed E-state index contributed by atoms with van der Waals surface area (Å²) in [4.78, 5) is 0. The van der Waals surface area contributed by atoms with Gasteiger partial charge in [-0.15, -0.1) is 0 Å². The largest absolute Gasteiger partial charge is 0.304 e. The average Bonchev–Trinajstić information content (AvgIpc) is 2.54. The zero-order valence-electron chi connectivity index (χ0n) is 5.43. The number of allylic oxidation sites excluding steroid dienone is 2. The van der Waals surface area contributed by atoms with Gasteiger partial charge in [-0.1, -0.05) is 24.3 Å². The number of rotatable bonds is 0. The first-order valence-corrected chi connectivity index (χ1v) is 3.48. The molecule has 1 heteroatoms. The van der Waals surface area contributed by atoms with Crippen molar-refractivity contribution < 1.29 is 0 Å². The number of fused-ring (bicyclic) bond motifs is 1. The third-order valence-corrected chi connectivity index (χ3v) is 2.05. The Morgan fingerprint density at radius 3 is 3.44 bits per heavy atom. The Morgan fingerprint density at radius 1 is 1.67 bits per heavy atom. The molecule has 1 N–H and O–H groups in total. The van der Waals surface area contributed by atoms with E-state index in [0.29, 0.717) is 6.04 Å². The maximum Gasteiger partial charge on any atom is 0.0411 e. The Balaban J connectivity index is 2.11. The van der Waals surface area contributed by atoms with E-state index in [1.165, 1.54) is 18.4 Å². The van der Waals surface area contributed by atoms with Gasteiger partial charge in [-0.05, 0) is 12.8 Å². The molecule has 0 amide bonds. The predicted molar refractivity (Wildman–Crippen MR) is 38.2 cm³/mol. The van der Waals surface area contributed by atoms with Crippen LogP contribution in [0.1, 0.15) is 12.8 Å². The number of nitrogens with one attached hydrogen (secondary N) is 1. The van der Waals surface area contributed by atoms with Crippen LogP contribution in [0.15, 0.2) is 24.3 Å². The number of hydrogen-bond acceptors (Lipinski definition) is 1. The van der Waals surface area contributed by atoms with Crippen molar-refractivity contribution in [1.29, 1.82) is 0 Å². The van der Waals surface area contributed by atoms with Crippen LogP contribution in [0.4, 0.5) is 0 Å². The molecule has 1 aliphatic carbocycles. The highest BCUT2D eigenvalue weighted by Gasteiger charge is 2.33. The van der Waals surface area contributed by atoms with E-state index in [-0.39, 0.29) is 0 Å². The lowest BCUT2D eigenvalue weighted by atomic mass is 10.1. The normalized spacial score (nSPS) is 39.8. The third kappa shape index (κ3) is 0.924. The fourth-order valence-electron chi connectivity index (χ4n) is 1.31. The highest BCUT2D eigenvalue weighted by molar-refractivity contribution is 5.25. The lowest BCUT2D eigenvalue weighted by molar-refractivity contribution is 0.806. The van der Waals surface area contributed by atoms with Crippen molar-refractivity contribution in [3.63, 3.8) is 0 Å². The molecule has 1 nitrogen and oxygen atoms in total. The first-order chi connectivity index (χ1) is 4.36. The van der Waals surface area contributed by atoms with Crippen LogP contribution >= 0.6 is 0 Å². The predicted octanol–water partition coefficient (Wildman–Crippen LogP) is 1.23. The Hall–Kier alpha value is -0.560. The molecule has 0 radical (unpaired) electrons. The van der Waals surface area contributed by atoms with Gasteiger partial charge in [-0.2, -0.15) is 0 Å². The van der Waals surface area contributed by atoms with Gasteiger partial charge in [0.05, 0.1) is 0 Å². The van der Waals surface area contributed by atoms with Crippen molar-refractivity contribution in [2.45, 2.75) is 24.9 Å². The molecule has 48 valence electrons. The smallest absolute Gasteiger partial charge is 0.0411 e. The molecule has 2 unspecified atom stereocenters. The number of hydrogen-bond donors (Lipinski definition) is 1. The molecule has 1 aliphatic heterocycles. The Morgan fingerprint density at radius 2 is 2.56 bits per heavy atom. The van der Waals surface area contributed by atoms with Gasteiger partial charge in [-0.25, -0.2) is 0 Å². The molecule has 0 bridgehead atoms. The molecule has 1 saturated heterocycles. The summed E-state index contributed by atoms with van der Waals surface area (Å²) < 4.78 is 0. The summed E-state index contributed by atoms with van der Waals surface area (Å²) in [5.41, 5.74) is 1.28. The minimum Gasteiger partial charge on any atom is -0.304 e. The fraction of sp³-hybridized carbons (Fsp3) is 0.500. The molecule has 0 aromatic carbocycles. The van der Waals surface area contributed by atoms with E-state index < -0.39 is 0 Å². The summed E-state index contributed by atoms with van der Waals surface area (Å²) >= 11 is 0. The summed E-state index contributed by atoms with van der Waals surface area (Å²) in [5, 5.41) is 3.36. The van der Waals surface area contributed by atoms with Crippen LogP contribution in [0.3, 0.4) is 0 Å². The summed E-state index contributed by atoms with van der Waals surface area (Å²) in [6.07, 6.45) is 6.81. The molecule has 2 aliphatic rings. The van der Waals surface area contributed by atoms with Crippen molar-refractivity contribution in [3.8, 4) is 0 Å². The molecule has 2 atom stereocenters. The molecule has 1 fully saturated rings. The Kier molecular flexibility index (Phi) is 0.995. The van der Waals surface area contributed by atoms with Crippen LogP contribution in [0.5, 0.6) is 0 Å². The van der Waals surface area contributed by atoms with Crippen molar-refractivity contribution in [2.75, 3.05) is 0 Å². The van der Waals surface area contributed by atoms with Crippen molar-refractivity contribution >= 4 is 0 Å². The van der Waals surface area contributed by atoms with Crippen molar-refractivity contribution in [3.05, 3.63) is 24.3 Å². The van der Waals surface area contributed by atoms with Crippen LogP contribution in [-0.4, -0.2) is 12.1 Å². The SMILES string of the molecule is C=C1C=CC2NC2CC1. The van der Waals surface area contributed by atoms with Crippen molar-refractivity contribution in [1.82, 2.24) is 5.32 Å². The van der Waals surface area contributed by atoms with E-state index >= 15 is 0 Å². The Bertz CT molecular complexity index is 169. The quantitative estimate of drug-likeness (QED) is 0.478. The first-order valence-electron chi connectivity index (χ1n) is 3.48. The fourth-order valence-corrected chi connectivity index (χ4v) is 1.31. The lowest BCUT2D eigenvalue weighted by Crippen LogP contribution is -1.89. The van der Waals surface area contributed by atoms with Crippen LogP contribution in [0.2, 0.25) is 0 Å². The molecule has 2 rings (SSSR count). The van der Waals surface area contributed by atoms with Crippen LogP contribution in [0.25, 0.3) is 0 Å². The second-order valence-corrected chi connectivity index (χ2v) is 2.85. The summed E-state index contributed by atoms with van der Waals surface area (Å²) in [5.74, 6) is 0. The Labute approximate surface area is 55.5 Å². The average molecular weight is 121 g/mol. The monoisotopic (exact) mass is 121 g/mol. The van der Waals surface area contributed by atoms with E-state index in [1.807, 2.05) is 0 Å². The highest BCUT2D eigenvalue weighted by Crippen LogP contribution is 2.24. The maximum atomic E-state index is 3.91. The highest BCUT2D eigenvalue weighted by atomic mass is 15.1.